The molecular weight excluding hydrogens is 260 g/mol. The van der Waals surface area contributed by atoms with Gasteiger partial charge in [-0.1, -0.05) is 0 Å². The van der Waals surface area contributed by atoms with Gasteiger partial charge in [0.25, 0.3) is 5.91 Å². The van der Waals surface area contributed by atoms with Gasteiger partial charge in [-0.3, -0.25) is 9.59 Å². The van der Waals surface area contributed by atoms with Gasteiger partial charge in [-0.05, 0) is 30.7 Å². The average Bonchev–Trinajstić information content (AvgIpc) is 3.09. The first-order valence-corrected chi connectivity index (χ1v) is 7.68. The quantitative estimate of drug-likeness (QED) is 0.829. The van der Waals surface area contributed by atoms with Gasteiger partial charge in [0.1, 0.15) is 0 Å². The molecule has 0 atom stereocenters. The minimum atomic E-state index is 0.0873. The molecule has 2 saturated heterocycles. The molecule has 19 heavy (non-hydrogen) atoms. The standard InChI is InChI=1S/C14H16N2O2S/c17-13-2-1-7-16(13)12-5-3-11(4-6-12)14(18)15-8-9-19-10-15/h3-6H,1-2,7-10H2. The third-order valence-corrected chi connectivity index (χ3v) is 4.50. The zero-order chi connectivity index (χ0) is 13.2. The van der Waals surface area contributed by atoms with Crippen LogP contribution in [0.1, 0.15) is 23.2 Å². The molecule has 2 aliphatic rings. The maximum Gasteiger partial charge on any atom is 0.254 e. The van der Waals surface area contributed by atoms with Crippen molar-refractivity contribution in [2.45, 2.75) is 12.8 Å². The van der Waals surface area contributed by atoms with E-state index >= 15 is 0 Å². The first-order chi connectivity index (χ1) is 9.25. The molecule has 2 heterocycles. The Hall–Kier alpha value is -1.49. The second kappa shape index (κ2) is 5.25. The summed E-state index contributed by atoms with van der Waals surface area (Å²) in [7, 11) is 0. The number of carbonyl (C=O) groups excluding carboxylic acids is 2. The van der Waals surface area contributed by atoms with Crippen LogP contribution >= 0.6 is 11.8 Å². The number of nitrogens with zero attached hydrogens (tertiary/aromatic N) is 2. The summed E-state index contributed by atoms with van der Waals surface area (Å²) in [6.45, 7) is 1.62. The van der Waals surface area contributed by atoms with Gasteiger partial charge in [0, 0.05) is 36.5 Å². The van der Waals surface area contributed by atoms with Crippen LogP contribution < -0.4 is 4.90 Å². The zero-order valence-corrected chi connectivity index (χ0v) is 11.5. The summed E-state index contributed by atoms with van der Waals surface area (Å²) in [6, 6.07) is 7.40. The Morgan fingerprint density at radius 1 is 1.16 bits per heavy atom. The zero-order valence-electron chi connectivity index (χ0n) is 10.7. The summed E-state index contributed by atoms with van der Waals surface area (Å²) in [6.07, 6.45) is 1.55. The number of benzene rings is 1. The second-order valence-corrected chi connectivity index (χ2v) is 5.88. The van der Waals surface area contributed by atoms with Crippen molar-refractivity contribution in [3.05, 3.63) is 29.8 Å². The fourth-order valence-electron chi connectivity index (χ4n) is 2.46. The Morgan fingerprint density at radius 2 is 1.95 bits per heavy atom. The molecule has 0 radical (unpaired) electrons. The van der Waals surface area contributed by atoms with Gasteiger partial charge < -0.3 is 9.80 Å². The highest BCUT2D eigenvalue weighted by Crippen LogP contribution is 2.23. The molecule has 2 amide bonds. The molecule has 1 aromatic carbocycles. The van der Waals surface area contributed by atoms with Gasteiger partial charge in [0.15, 0.2) is 0 Å². The number of hydrogen-bond acceptors (Lipinski definition) is 3. The van der Waals surface area contributed by atoms with Crippen molar-refractivity contribution in [2.75, 3.05) is 29.6 Å². The molecule has 5 heteroatoms. The van der Waals surface area contributed by atoms with Crippen LogP contribution in [0.25, 0.3) is 0 Å². The molecule has 0 unspecified atom stereocenters. The van der Waals surface area contributed by atoms with Crippen molar-refractivity contribution in [3.63, 3.8) is 0 Å². The smallest absolute Gasteiger partial charge is 0.254 e. The fourth-order valence-corrected chi connectivity index (χ4v) is 3.41. The van der Waals surface area contributed by atoms with Crippen LogP contribution in [-0.2, 0) is 4.79 Å². The third kappa shape index (κ3) is 2.47. The van der Waals surface area contributed by atoms with Crippen molar-refractivity contribution in [1.29, 1.82) is 0 Å². The molecule has 4 nitrogen and oxygen atoms in total. The lowest BCUT2D eigenvalue weighted by molar-refractivity contribution is -0.117. The van der Waals surface area contributed by atoms with E-state index in [0.29, 0.717) is 12.0 Å². The Labute approximate surface area is 116 Å². The molecule has 0 aromatic heterocycles. The van der Waals surface area contributed by atoms with E-state index < -0.39 is 0 Å². The lowest BCUT2D eigenvalue weighted by atomic mass is 10.1. The van der Waals surface area contributed by atoms with Crippen LogP contribution in [0.2, 0.25) is 0 Å². The average molecular weight is 276 g/mol. The van der Waals surface area contributed by atoms with E-state index in [-0.39, 0.29) is 11.8 Å². The summed E-state index contributed by atoms with van der Waals surface area (Å²) in [4.78, 5) is 27.5. The summed E-state index contributed by atoms with van der Waals surface area (Å²) < 4.78 is 0. The number of thioether (sulfide) groups is 1. The van der Waals surface area contributed by atoms with Crippen LogP contribution in [-0.4, -0.2) is 41.4 Å². The summed E-state index contributed by atoms with van der Waals surface area (Å²) in [5.41, 5.74) is 1.60. The van der Waals surface area contributed by atoms with Crippen LogP contribution in [0.5, 0.6) is 0 Å². The second-order valence-electron chi connectivity index (χ2n) is 4.80. The van der Waals surface area contributed by atoms with Gasteiger partial charge >= 0.3 is 0 Å². The molecule has 100 valence electrons. The molecule has 1 aromatic rings. The Balaban J connectivity index is 1.75. The van der Waals surface area contributed by atoms with Crippen molar-refractivity contribution < 1.29 is 9.59 Å². The van der Waals surface area contributed by atoms with Crippen molar-refractivity contribution >= 4 is 29.3 Å². The van der Waals surface area contributed by atoms with E-state index in [2.05, 4.69) is 0 Å². The van der Waals surface area contributed by atoms with E-state index in [1.54, 1.807) is 16.7 Å². The van der Waals surface area contributed by atoms with Crippen molar-refractivity contribution in [1.82, 2.24) is 4.90 Å². The first kappa shape index (κ1) is 12.5. The van der Waals surface area contributed by atoms with Gasteiger partial charge in [-0.25, -0.2) is 0 Å². The Morgan fingerprint density at radius 3 is 2.53 bits per heavy atom. The van der Waals surface area contributed by atoms with E-state index in [4.69, 9.17) is 0 Å². The van der Waals surface area contributed by atoms with E-state index in [1.807, 2.05) is 29.2 Å². The van der Waals surface area contributed by atoms with Crippen molar-refractivity contribution in [2.24, 2.45) is 0 Å². The molecule has 0 saturated carbocycles. The SMILES string of the molecule is O=C(c1ccc(N2CCCC2=O)cc1)N1CCSC1. The number of rotatable bonds is 2. The lowest BCUT2D eigenvalue weighted by Crippen LogP contribution is -2.28. The molecule has 0 aliphatic carbocycles. The summed E-state index contributed by atoms with van der Waals surface area (Å²) in [5.74, 6) is 2.07. The van der Waals surface area contributed by atoms with Crippen molar-refractivity contribution in [3.8, 4) is 0 Å². The number of anilines is 1. The number of amides is 2. The van der Waals surface area contributed by atoms with Crippen LogP contribution in [0.4, 0.5) is 5.69 Å². The highest BCUT2D eigenvalue weighted by Gasteiger charge is 2.23. The topological polar surface area (TPSA) is 40.6 Å². The van der Waals surface area contributed by atoms with Gasteiger partial charge in [0.05, 0.1) is 5.88 Å². The Bertz CT molecular complexity index is 495. The van der Waals surface area contributed by atoms with Gasteiger partial charge in [-0.15, -0.1) is 11.8 Å². The van der Waals surface area contributed by atoms with E-state index in [1.165, 1.54) is 0 Å². The Kier molecular flexibility index (Phi) is 3.46. The monoisotopic (exact) mass is 276 g/mol. The predicted molar refractivity (Wildman–Crippen MR) is 76.4 cm³/mol. The predicted octanol–water partition coefficient (Wildman–Crippen LogP) is 1.96. The first-order valence-electron chi connectivity index (χ1n) is 6.53. The fraction of sp³-hybridized carbons (Fsp3) is 0.429. The molecule has 2 fully saturated rings. The largest absolute Gasteiger partial charge is 0.329 e. The molecule has 0 spiro atoms. The van der Waals surface area contributed by atoms with Crippen LogP contribution in [0, 0.1) is 0 Å². The van der Waals surface area contributed by atoms with Gasteiger partial charge in [0.2, 0.25) is 5.91 Å². The number of carbonyl (C=O) groups is 2. The lowest BCUT2D eigenvalue weighted by Gasteiger charge is -2.17. The van der Waals surface area contributed by atoms with E-state index in [0.717, 1.165) is 36.8 Å². The normalized spacial score (nSPS) is 19.3. The molecule has 0 N–H and O–H groups in total. The minimum absolute atomic E-state index is 0.0873. The number of hydrogen-bond donors (Lipinski definition) is 0. The highest BCUT2D eigenvalue weighted by atomic mass is 32.2. The van der Waals surface area contributed by atoms with Crippen LogP contribution in [0.15, 0.2) is 24.3 Å². The van der Waals surface area contributed by atoms with Crippen LogP contribution in [0.3, 0.4) is 0 Å². The minimum Gasteiger partial charge on any atom is -0.329 e. The molecule has 3 rings (SSSR count). The molecular formula is C14H16N2O2S. The maximum atomic E-state index is 12.2. The highest BCUT2D eigenvalue weighted by molar-refractivity contribution is 7.99. The maximum absolute atomic E-state index is 12.2. The summed E-state index contributed by atoms with van der Waals surface area (Å²) >= 11 is 1.78. The van der Waals surface area contributed by atoms with Gasteiger partial charge in [-0.2, -0.15) is 0 Å². The molecule has 0 bridgehead atoms. The third-order valence-electron chi connectivity index (χ3n) is 3.54. The van der Waals surface area contributed by atoms with E-state index in [9.17, 15) is 9.59 Å². The summed E-state index contributed by atoms with van der Waals surface area (Å²) in [5, 5.41) is 0. The molecule has 2 aliphatic heterocycles.